The van der Waals surface area contributed by atoms with Gasteiger partial charge >= 0.3 is 0 Å². The summed E-state index contributed by atoms with van der Waals surface area (Å²) in [6.07, 6.45) is 0. The molecule has 2 aromatic carbocycles. The summed E-state index contributed by atoms with van der Waals surface area (Å²) < 4.78 is 1.13. The first kappa shape index (κ1) is 13.3. The summed E-state index contributed by atoms with van der Waals surface area (Å²) in [5.74, 6) is 0. The molecule has 1 unspecified atom stereocenters. The molecule has 1 nitrogen and oxygen atoms in total. The van der Waals surface area contributed by atoms with Gasteiger partial charge in [-0.1, -0.05) is 51.8 Å². The van der Waals surface area contributed by atoms with Crippen LogP contribution < -0.4 is 5.32 Å². The van der Waals surface area contributed by atoms with E-state index in [4.69, 9.17) is 0 Å². The minimum atomic E-state index is 0.249. The highest BCUT2D eigenvalue weighted by Gasteiger charge is 2.13. The fraction of sp³-hybridized carbons (Fsp3) is 0.250. The van der Waals surface area contributed by atoms with Crippen molar-refractivity contribution in [3.05, 3.63) is 69.2 Å². The Kier molecular flexibility index (Phi) is 4.20. The van der Waals surface area contributed by atoms with Gasteiger partial charge in [-0.05, 0) is 49.7 Å². The van der Waals surface area contributed by atoms with Gasteiger partial charge in [0, 0.05) is 4.47 Å². The molecule has 0 radical (unpaired) electrons. The SMILES string of the molecule is CNC(c1ccc(C)cc1)c1ccc(Br)cc1C. The maximum atomic E-state index is 3.51. The van der Waals surface area contributed by atoms with Crippen molar-refractivity contribution in [1.29, 1.82) is 0 Å². The Hall–Kier alpha value is -1.12. The van der Waals surface area contributed by atoms with E-state index in [-0.39, 0.29) is 6.04 Å². The standard InChI is InChI=1S/C16H18BrN/c1-11-4-6-13(7-5-11)16(18-3)15-9-8-14(17)10-12(15)2/h4-10,16,18H,1-3H3. The van der Waals surface area contributed by atoms with E-state index >= 15 is 0 Å². The minimum Gasteiger partial charge on any atom is -0.309 e. The molecule has 0 aliphatic heterocycles. The van der Waals surface area contributed by atoms with E-state index in [9.17, 15) is 0 Å². The molecule has 0 aromatic heterocycles. The molecule has 0 bridgehead atoms. The Morgan fingerprint density at radius 1 is 1.00 bits per heavy atom. The Balaban J connectivity index is 2.41. The molecule has 0 spiro atoms. The number of halogens is 1. The van der Waals surface area contributed by atoms with Crippen molar-refractivity contribution >= 4 is 15.9 Å². The van der Waals surface area contributed by atoms with E-state index < -0.39 is 0 Å². The lowest BCUT2D eigenvalue weighted by Gasteiger charge is -2.20. The van der Waals surface area contributed by atoms with Gasteiger partial charge in [0.25, 0.3) is 0 Å². The molecule has 18 heavy (non-hydrogen) atoms. The summed E-state index contributed by atoms with van der Waals surface area (Å²) in [5, 5.41) is 3.40. The van der Waals surface area contributed by atoms with Gasteiger partial charge in [0.2, 0.25) is 0 Å². The normalized spacial score (nSPS) is 12.4. The van der Waals surface area contributed by atoms with Crippen LogP contribution in [0.4, 0.5) is 0 Å². The topological polar surface area (TPSA) is 12.0 Å². The second kappa shape index (κ2) is 5.68. The smallest absolute Gasteiger partial charge is 0.0576 e. The quantitative estimate of drug-likeness (QED) is 0.887. The van der Waals surface area contributed by atoms with Crippen LogP contribution in [0, 0.1) is 13.8 Å². The van der Waals surface area contributed by atoms with Crippen LogP contribution in [-0.4, -0.2) is 7.05 Å². The van der Waals surface area contributed by atoms with Gasteiger partial charge < -0.3 is 5.32 Å². The molecule has 0 saturated heterocycles. The van der Waals surface area contributed by atoms with Crippen molar-refractivity contribution in [3.63, 3.8) is 0 Å². The number of hydrogen-bond acceptors (Lipinski definition) is 1. The van der Waals surface area contributed by atoms with Crippen LogP contribution in [0.3, 0.4) is 0 Å². The lowest BCUT2D eigenvalue weighted by atomic mass is 9.95. The van der Waals surface area contributed by atoms with Crippen molar-refractivity contribution in [2.24, 2.45) is 0 Å². The van der Waals surface area contributed by atoms with Gasteiger partial charge in [0.15, 0.2) is 0 Å². The van der Waals surface area contributed by atoms with Gasteiger partial charge in [-0.25, -0.2) is 0 Å². The first-order valence-corrected chi connectivity index (χ1v) is 6.91. The number of rotatable bonds is 3. The predicted molar refractivity (Wildman–Crippen MR) is 81.0 cm³/mol. The molecule has 0 amide bonds. The minimum absolute atomic E-state index is 0.249. The molecular formula is C16H18BrN. The molecule has 1 N–H and O–H groups in total. The van der Waals surface area contributed by atoms with Crippen LogP contribution in [0.5, 0.6) is 0 Å². The molecule has 0 fully saturated rings. The van der Waals surface area contributed by atoms with Crippen LogP contribution in [0.2, 0.25) is 0 Å². The van der Waals surface area contributed by atoms with E-state index in [1.54, 1.807) is 0 Å². The Labute approximate surface area is 117 Å². The zero-order chi connectivity index (χ0) is 13.1. The first-order valence-electron chi connectivity index (χ1n) is 6.11. The van der Waals surface area contributed by atoms with Crippen molar-refractivity contribution in [3.8, 4) is 0 Å². The second-order valence-corrected chi connectivity index (χ2v) is 5.55. The molecule has 2 aromatic rings. The molecule has 94 valence electrons. The molecule has 0 heterocycles. The summed E-state index contributed by atoms with van der Waals surface area (Å²) in [4.78, 5) is 0. The van der Waals surface area contributed by atoms with Crippen LogP contribution >= 0.6 is 15.9 Å². The average Bonchev–Trinajstić information content (AvgIpc) is 2.35. The molecule has 0 aliphatic rings. The number of nitrogens with one attached hydrogen (secondary N) is 1. The van der Waals surface area contributed by atoms with Crippen molar-refractivity contribution in [2.75, 3.05) is 7.05 Å². The summed E-state index contributed by atoms with van der Waals surface area (Å²) in [6, 6.07) is 15.4. The van der Waals surface area contributed by atoms with Gasteiger partial charge in [0.05, 0.1) is 6.04 Å². The lowest BCUT2D eigenvalue weighted by Crippen LogP contribution is -2.18. The molecule has 2 rings (SSSR count). The summed E-state index contributed by atoms with van der Waals surface area (Å²) in [5.41, 5.74) is 5.21. The second-order valence-electron chi connectivity index (χ2n) is 4.63. The molecule has 0 aliphatic carbocycles. The van der Waals surface area contributed by atoms with Crippen LogP contribution in [0.1, 0.15) is 28.3 Å². The third-order valence-electron chi connectivity index (χ3n) is 3.24. The van der Waals surface area contributed by atoms with Gasteiger partial charge in [-0.15, -0.1) is 0 Å². The van der Waals surface area contributed by atoms with E-state index in [1.807, 2.05) is 7.05 Å². The van der Waals surface area contributed by atoms with Gasteiger partial charge in [-0.3, -0.25) is 0 Å². The summed E-state index contributed by atoms with van der Waals surface area (Å²) in [7, 11) is 2.01. The van der Waals surface area contributed by atoms with Gasteiger partial charge in [-0.2, -0.15) is 0 Å². The number of hydrogen-bond donors (Lipinski definition) is 1. The fourth-order valence-corrected chi connectivity index (χ4v) is 2.70. The van der Waals surface area contributed by atoms with Crippen LogP contribution in [-0.2, 0) is 0 Å². The lowest BCUT2D eigenvalue weighted by molar-refractivity contribution is 0.687. The Morgan fingerprint density at radius 2 is 1.67 bits per heavy atom. The zero-order valence-electron chi connectivity index (χ0n) is 11.0. The average molecular weight is 304 g/mol. The van der Waals surface area contributed by atoms with Gasteiger partial charge in [0.1, 0.15) is 0 Å². The largest absolute Gasteiger partial charge is 0.309 e. The van der Waals surface area contributed by atoms with E-state index in [0.29, 0.717) is 0 Å². The maximum absolute atomic E-state index is 3.51. The van der Waals surface area contributed by atoms with Crippen molar-refractivity contribution in [2.45, 2.75) is 19.9 Å². The third kappa shape index (κ3) is 2.82. The third-order valence-corrected chi connectivity index (χ3v) is 3.74. The maximum Gasteiger partial charge on any atom is 0.0576 e. The van der Waals surface area contributed by atoms with Crippen molar-refractivity contribution < 1.29 is 0 Å². The van der Waals surface area contributed by atoms with Crippen molar-refractivity contribution in [1.82, 2.24) is 5.32 Å². The molecule has 0 saturated carbocycles. The van der Waals surface area contributed by atoms with E-state index in [1.165, 1.54) is 22.3 Å². The van der Waals surface area contributed by atoms with E-state index in [2.05, 4.69) is 77.6 Å². The van der Waals surface area contributed by atoms with Crippen LogP contribution in [0.15, 0.2) is 46.9 Å². The highest BCUT2D eigenvalue weighted by molar-refractivity contribution is 9.10. The summed E-state index contributed by atoms with van der Waals surface area (Å²) >= 11 is 3.51. The zero-order valence-corrected chi connectivity index (χ0v) is 12.6. The molecule has 1 atom stereocenters. The monoisotopic (exact) mass is 303 g/mol. The Morgan fingerprint density at radius 3 is 2.22 bits per heavy atom. The first-order chi connectivity index (χ1) is 8.61. The molecule has 2 heteroatoms. The molecular weight excluding hydrogens is 286 g/mol. The number of benzene rings is 2. The predicted octanol–water partition coefficient (Wildman–Crippen LogP) is 4.37. The van der Waals surface area contributed by atoms with E-state index in [0.717, 1.165) is 4.47 Å². The Bertz CT molecular complexity index is 531. The number of aryl methyl sites for hydroxylation is 2. The highest BCUT2D eigenvalue weighted by atomic mass is 79.9. The highest BCUT2D eigenvalue weighted by Crippen LogP contribution is 2.26. The fourth-order valence-electron chi connectivity index (χ4n) is 2.22. The summed E-state index contributed by atoms with van der Waals surface area (Å²) in [6.45, 7) is 4.27. The van der Waals surface area contributed by atoms with Crippen LogP contribution in [0.25, 0.3) is 0 Å².